The van der Waals surface area contributed by atoms with Gasteiger partial charge in [0.25, 0.3) is 0 Å². The summed E-state index contributed by atoms with van der Waals surface area (Å²) in [5.74, 6) is 6.20. The van der Waals surface area contributed by atoms with E-state index in [1.54, 1.807) is 6.33 Å². The Morgan fingerprint density at radius 1 is 1.50 bits per heavy atom. The highest BCUT2D eigenvalue weighted by Gasteiger charge is 2.14. The number of rotatable bonds is 2. The lowest BCUT2D eigenvalue weighted by Gasteiger charge is -2.18. The smallest absolute Gasteiger partial charge is 0.163 e. The van der Waals surface area contributed by atoms with Gasteiger partial charge < -0.3 is 9.99 Å². The van der Waals surface area contributed by atoms with E-state index in [4.69, 9.17) is 5.84 Å². The summed E-state index contributed by atoms with van der Waals surface area (Å²) < 4.78 is 1.89. The zero-order valence-corrected chi connectivity index (χ0v) is 9.69. The molecule has 1 heterocycles. The number of amidine groups is 1. The van der Waals surface area contributed by atoms with E-state index in [1.807, 2.05) is 17.8 Å². The molecule has 1 saturated carbocycles. The van der Waals surface area contributed by atoms with Crippen LogP contribution < -0.4 is 11.3 Å². The van der Waals surface area contributed by atoms with E-state index in [9.17, 15) is 0 Å². The first-order chi connectivity index (χ1) is 7.79. The van der Waals surface area contributed by atoms with Gasteiger partial charge in [-0.2, -0.15) is 0 Å². The van der Waals surface area contributed by atoms with E-state index >= 15 is 0 Å². The van der Waals surface area contributed by atoms with Crippen LogP contribution in [0.4, 0.5) is 0 Å². The van der Waals surface area contributed by atoms with Gasteiger partial charge in [0, 0.05) is 13.2 Å². The lowest BCUT2D eigenvalue weighted by atomic mass is 9.96. The third-order valence-corrected chi connectivity index (χ3v) is 2.97. The highest BCUT2D eigenvalue weighted by Crippen LogP contribution is 2.20. The summed E-state index contributed by atoms with van der Waals surface area (Å²) in [7, 11) is 1.94. The lowest BCUT2D eigenvalue weighted by Crippen LogP contribution is -2.33. The molecule has 0 spiro atoms. The molecular formula is C11H19N5. The predicted octanol–water partition coefficient (Wildman–Crippen LogP) is 0.963. The summed E-state index contributed by atoms with van der Waals surface area (Å²) in [6.45, 7) is 0. The van der Waals surface area contributed by atoms with Crippen molar-refractivity contribution in [3.05, 3.63) is 18.2 Å². The fourth-order valence-electron chi connectivity index (χ4n) is 2.11. The summed E-state index contributed by atoms with van der Waals surface area (Å²) in [6.07, 6.45) is 9.88. The number of nitrogens with zero attached hydrogens (tertiary/aromatic N) is 3. The maximum atomic E-state index is 5.50. The molecule has 2 rings (SSSR count). The van der Waals surface area contributed by atoms with E-state index in [-0.39, 0.29) is 0 Å². The third-order valence-electron chi connectivity index (χ3n) is 2.97. The largest absolute Gasteiger partial charge is 0.340 e. The average Bonchev–Trinajstić information content (AvgIpc) is 2.74. The van der Waals surface area contributed by atoms with Crippen molar-refractivity contribution in [1.29, 1.82) is 0 Å². The normalized spacial score (nSPS) is 18.8. The van der Waals surface area contributed by atoms with E-state index in [0.717, 1.165) is 18.5 Å². The Balaban J connectivity index is 2.11. The molecule has 1 aliphatic rings. The van der Waals surface area contributed by atoms with Crippen molar-refractivity contribution in [2.75, 3.05) is 0 Å². The van der Waals surface area contributed by atoms with E-state index < -0.39 is 0 Å². The third kappa shape index (κ3) is 2.61. The average molecular weight is 221 g/mol. The molecule has 3 N–H and O–H groups in total. The van der Waals surface area contributed by atoms with Crippen LogP contribution in [0.15, 0.2) is 17.5 Å². The molecule has 16 heavy (non-hydrogen) atoms. The van der Waals surface area contributed by atoms with Crippen LogP contribution in [-0.2, 0) is 7.05 Å². The van der Waals surface area contributed by atoms with Crippen LogP contribution in [0, 0.1) is 0 Å². The molecular weight excluding hydrogens is 202 g/mol. The Labute approximate surface area is 95.7 Å². The van der Waals surface area contributed by atoms with Crippen LogP contribution in [0.25, 0.3) is 0 Å². The van der Waals surface area contributed by atoms with Crippen molar-refractivity contribution in [2.24, 2.45) is 17.9 Å². The van der Waals surface area contributed by atoms with Gasteiger partial charge >= 0.3 is 0 Å². The minimum absolute atomic E-state index is 0.404. The number of hydrazine groups is 1. The van der Waals surface area contributed by atoms with Gasteiger partial charge in [-0.1, -0.05) is 19.3 Å². The number of nitrogens with two attached hydrogens (primary N) is 1. The minimum atomic E-state index is 0.404. The van der Waals surface area contributed by atoms with Crippen molar-refractivity contribution >= 4 is 5.84 Å². The van der Waals surface area contributed by atoms with Gasteiger partial charge in [-0.05, 0) is 12.8 Å². The first kappa shape index (κ1) is 11.1. The fourth-order valence-corrected chi connectivity index (χ4v) is 2.11. The standard InChI is InChI=1S/C11H19N5/c1-16-7-10(13-8-16)11(15-12)14-9-5-3-2-4-6-9/h7-9H,2-6,12H2,1H3,(H,14,15). The topological polar surface area (TPSA) is 68.2 Å². The molecule has 5 heteroatoms. The number of nitrogens with one attached hydrogen (secondary N) is 1. The van der Waals surface area contributed by atoms with E-state index in [0.29, 0.717) is 11.9 Å². The number of hydrogen-bond acceptors (Lipinski definition) is 3. The van der Waals surface area contributed by atoms with Crippen LogP contribution in [0.1, 0.15) is 37.8 Å². The molecule has 0 aliphatic heterocycles. The molecule has 0 atom stereocenters. The van der Waals surface area contributed by atoms with Crippen LogP contribution >= 0.6 is 0 Å². The Morgan fingerprint density at radius 3 is 2.81 bits per heavy atom. The number of aliphatic imine (C=N–C) groups is 1. The van der Waals surface area contributed by atoms with Crippen LogP contribution in [-0.4, -0.2) is 21.4 Å². The highest BCUT2D eigenvalue weighted by atomic mass is 15.3. The molecule has 5 nitrogen and oxygen atoms in total. The van der Waals surface area contributed by atoms with Crippen LogP contribution in [0.2, 0.25) is 0 Å². The highest BCUT2D eigenvalue weighted by molar-refractivity contribution is 5.96. The van der Waals surface area contributed by atoms with Crippen LogP contribution in [0.3, 0.4) is 0 Å². The van der Waals surface area contributed by atoms with Gasteiger partial charge in [0.1, 0.15) is 5.69 Å². The monoisotopic (exact) mass is 221 g/mol. The molecule has 0 bridgehead atoms. The number of aromatic nitrogens is 2. The first-order valence-corrected chi connectivity index (χ1v) is 5.82. The molecule has 0 radical (unpaired) electrons. The zero-order chi connectivity index (χ0) is 11.4. The van der Waals surface area contributed by atoms with Crippen LogP contribution in [0.5, 0.6) is 0 Å². The summed E-state index contributed by atoms with van der Waals surface area (Å²) in [4.78, 5) is 8.88. The maximum absolute atomic E-state index is 5.50. The molecule has 1 aromatic heterocycles. The van der Waals surface area contributed by atoms with Gasteiger partial charge in [-0.3, -0.25) is 4.99 Å². The van der Waals surface area contributed by atoms with Gasteiger partial charge in [0.15, 0.2) is 5.84 Å². The molecule has 1 aromatic rings. The van der Waals surface area contributed by atoms with Crippen molar-refractivity contribution in [3.63, 3.8) is 0 Å². The van der Waals surface area contributed by atoms with Crippen molar-refractivity contribution in [2.45, 2.75) is 38.1 Å². The quantitative estimate of drug-likeness (QED) is 0.338. The van der Waals surface area contributed by atoms with Gasteiger partial charge in [-0.15, -0.1) is 0 Å². The Hall–Kier alpha value is -1.36. The van der Waals surface area contributed by atoms with Crippen molar-refractivity contribution in [3.8, 4) is 0 Å². The first-order valence-electron chi connectivity index (χ1n) is 5.82. The summed E-state index contributed by atoms with van der Waals surface area (Å²) in [5.41, 5.74) is 3.47. The van der Waals surface area contributed by atoms with Gasteiger partial charge in [-0.25, -0.2) is 10.8 Å². The molecule has 0 aromatic carbocycles. The second-order valence-corrected chi connectivity index (χ2v) is 4.34. The number of aryl methyl sites for hydroxylation is 1. The van der Waals surface area contributed by atoms with Crippen molar-refractivity contribution in [1.82, 2.24) is 15.0 Å². The summed E-state index contributed by atoms with van der Waals surface area (Å²) >= 11 is 0. The fraction of sp³-hybridized carbons (Fsp3) is 0.636. The molecule has 0 amide bonds. The number of hydrogen-bond donors (Lipinski definition) is 2. The molecule has 1 aliphatic carbocycles. The second kappa shape index (κ2) is 5.12. The van der Waals surface area contributed by atoms with Gasteiger partial charge in [0.05, 0.1) is 12.4 Å². The molecule has 0 saturated heterocycles. The Morgan fingerprint density at radius 2 is 2.25 bits per heavy atom. The van der Waals surface area contributed by atoms with E-state index in [2.05, 4.69) is 15.4 Å². The predicted molar refractivity (Wildman–Crippen MR) is 63.9 cm³/mol. The van der Waals surface area contributed by atoms with E-state index in [1.165, 1.54) is 19.3 Å². The summed E-state index contributed by atoms with van der Waals surface area (Å²) in [5, 5.41) is 0. The van der Waals surface area contributed by atoms with Crippen molar-refractivity contribution < 1.29 is 0 Å². The lowest BCUT2D eigenvalue weighted by molar-refractivity contribution is 0.442. The molecule has 1 fully saturated rings. The second-order valence-electron chi connectivity index (χ2n) is 4.34. The molecule has 88 valence electrons. The molecule has 0 unspecified atom stereocenters. The SMILES string of the molecule is Cn1cnc(C(=NC2CCCCC2)NN)c1. The Kier molecular flexibility index (Phi) is 3.56. The van der Waals surface area contributed by atoms with Gasteiger partial charge in [0.2, 0.25) is 0 Å². The zero-order valence-electron chi connectivity index (χ0n) is 9.69. The minimum Gasteiger partial charge on any atom is -0.340 e. The Bertz CT molecular complexity index is 362. The number of imidazole rings is 1. The summed E-state index contributed by atoms with van der Waals surface area (Å²) in [6, 6.07) is 0.404. The maximum Gasteiger partial charge on any atom is 0.163 e.